The van der Waals surface area contributed by atoms with Gasteiger partial charge in [0.1, 0.15) is 5.75 Å². The van der Waals surface area contributed by atoms with Gasteiger partial charge in [-0.25, -0.2) is 4.98 Å². The van der Waals surface area contributed by atoms with Gasteiger partial charge in [-0.1, -0.05) is 12.1 Å². The topological polar surface area (TPSA) is 96.1 Å². The van der Waals surface area contributed by atoms with Crippen molar-refractivity contribution in [2.45, 2.75) is 19.4 Å². The molecule has 0 saturated heterocycles. The molecule has 3 N–H and O–H groups in total. The van der Waals surface area contributed by atoms with Crippen LogP contribution in [0.2, 0.25) is 0 Å². The zero-order valence-corrected chi connectivity index (χ0v) is 15.8. The summed E-state index contributed by atoms with van der Waals surface area (Å²) in [6, 6.07) is 10.6. The van der Waals surface area contributed by atoms with Crippen LogP contribution in [0.4, 0.5) is 5.13 Å². The Morgan fingerprint density at radius 3 is 2.67 bits per heavy atom. The Labute approximate surface area is 160 Å². The fraction of sp³-hybridized carbons (Fsp3) is 0.211. The molecule has 140 valence electrons. The predicted molar refractivity (Wildman–Crippen MR) is 105 cm³/mol. The second-order valence-electron chi connectivity index (χ2n) is 5.90. The maximum Gasteiger partial charge on any atom is 0.228 e. The molecule has 0 aliphatic rings. The van der Waals surface area contributed by atoms with E-state index in [0.29, 0.717) is 10.9 Å². The van der Waals surface area contributed by atoms with Crippen LogP contribution in [0.3, 0.4) is 0 Å². The Kier molecular flexibility index (Phi) is 5.87. The summed E-state index contributed by atoms with van der Waals surface area (Å²) in [6.07, 6.45) is 1.92. The average Bonchev–Trinajstić information content (AvgIpc) is 3.32. The van der Waals surface area contributed by atoms with Gasteiger partial charge in [-0.2, -0.15) is 0 Å². The maximum absolute atomic E-state index is 12.5. The smallest absolute Gasteiger partial charge is 0.228 e. The lowest BCUT2D eigenvalue weighted by Gasteiger charge is -2.18. The molecule has 1 aromatic carbocycles. The van der Waals surface area contributed by atoms with Gasteiger partial charge in [0.2, 0.25) is 11.8 Å². The number of H-pyrrole nitrogens is 1. The Morgan fingerprint density at radius 1 is 1.26 bits per heavy atom. The van der Waals surface area contributed by atoms with Crippen molar-refractivity contribution in [3.05, 3.63) is 53.5 Å². The number of hydrogen-bond donors (Lipinski definition) is 3. The minimum atomic E-state index is -0.434. The van der Waals surface area contributed by atoms with Gasteiger partial charge in [-0.05, 0) is 29.8 Å². The third-order valence-electron chi connectivity index (χ3n) is 3.91. The van der Waals surface area contributed by atoms with Crippen LogP contribution in [-0.2, 0) is 9.59 Å². The first-order valence-electron chi connectivity index (χ1n) is 8.35. The second kappa shape index (κ2) is 8.50. The normalized spacial score (nSPS) is 11.6. The van der Waals surface area contributed by atoms with Crippen LogP contribution >= 0.6 is 11.3 Å². The van der Waals surface area contributed by atoms with E-state index in [0.717, 1.165) is 17.0 Å². The summed E-state index contributed by atoms with van der Waals surface area (Å²) in [6.45, 7) is 1.43. The molecular formula is C19H20N4O3S. The van der Waals surface area contributed by atoms with Crippen LogP contribution in [0.15, 0.2) is 48.0 Å². The van der Waals surface area contributed by atoms with Crippen LogP contribution in [-0.4, -0.2) is 28.9 Å². The Balaban J connectivity index is 1.67. The first-order chi connectivity index (χ1) is 13.0. The number of amides is 2. The number of benzene rings is 1. The Hall–Kier alpha value is -3.13. The monoisotopic (exact) mass is 384 g/mol. The van der Waals surface area contributed by atoms with Crippen molar-refractivity contribution < 1.29 is 14.3 Å². The molecule has 0 fully saturated rings. The number of carbonyl (C=O) groups excluding carboxylic acids is 2. The van der Waals surface area contributed by atoms with Crippen molar-refractivity contribution in [3.8, 4) is 17.1 Å². The maximum atomic E-state index is 12.5. The van der Waals surface area contributed by atoms with E-state index < -0.39 is 6.04 Å². The van der Waals surface area contributed by atoms with Crippen molar-refractivity contribution in [1.82, 2.24) is 15.3 Å². The second-order valence-corrected chi connectivity index (χ2v) is 6.76. The van der Waals surface area contributed by atoms with Crippen molar-refractivity contribution in [1.29, 1.82) is 0 Å². The fourth-order valence-electron chi connectivity index (χ4n) is 2.63. The number of nitrogens with zero attached hydrogens (tertiary/aromatic N) is 1. The molecule has 8 heteroatoms. The third-order valence-corrected chi connectivity index (χ3v) is 4.67. The average molecular weight is 384 g/mol. The summed E-state index contributed by atoms with van der Waals surface area (Å²) in [5.41, 5.74) is 2.49. The third kappa shape index (κ3) is 4.95. The Morgan fingerprint density at radius 2 is 2.04 bits per heavy atom. The summed E-state index contributed by atoms with van der Waals surface area (Å²) in [5.74, 6) is 0.285. The van der Waals surface area contributed by atoms with E-state index in [-0.39, 0.29) is 18.2 Å². The van der Waals surface area contributed by atoms with Crippen LogP contribution in [0.1, 0.15) is 24.9 Å². The van der Waals surface area contributed by atoms with Gasteiger partial charge in [0, 0.05) is 18.5 Å². The minimum Gasteiger partial charge on any atom is -0.497 e. The van der Waals surface area contributed by atoms with E-state index in [1.54, 1.807) is 19.2 Å². The van der Waals surface area contributed by atoms with Crippen LogP contribution in [0.5, 0.6) is 5.75 Å². The summed E-state index contributed by atoms with van der Waals surface area (Å²) < 4.78 is 5.15. The van der Waals surface area contributed by atoms with Gasteiger partial charge in [-0.15, -0.1) is 11.3 Å². The number of methoxy groups -OCH3 is 1. The summed E-state index contributed by atoms with van der Waals surface area (Å²) in [7, 11) is 1.59. The molecule has 0 radical (unpaired) electrons. The number of carbonyl (C=O) groups is 2. The van der Waals surface area contributed by atoms with E-state index in [9.17, 15) is 9.59 Å². The number of nitrogens with one attached hydrogen (secondary N) is 3. The van der Waals surface area contributed by atoms with Crippen molar-refractivity contribution in [3.63, 3.8) is 0 Å². The quantitative estimate of drug-likeness (QED) is 0.582. The standard InChI is InChI=1S/C19H20N4O3S/c1-12(24)21-16(13-5-7-14(26-2)8-6-13)10-18(25)23-19-22-17(11-27-19)15-4-3-9-20-15/h3-9,11,16,20H,10H2,1-2H3,(H,21,24)(H,22,23,25)/t16-/m0/s1. The molecule has 2 heterocycles. The zero-order chi connectivity index (χ0) is 19.2. The molecular weight excluding hydrogens is 364 g/mol. The van der Waals surface area contributed by atoms with Crippen molar-refractivity contribution in [2.24, 2.45) is 0 Å². The summed E-state index contributed by atoms with van der Waals surface area (Å²) in [5, 5.41) is 8.00. The molecule has 0 unspecified atom stereocenters. The molecule has 0 saturated carbocycles. The molecule has 0 aliphatic carbocycles. The van der Waals surface area contributed by atoms with Gasteiger partial charge in [0.25, 0.3) is 0 Å². The van der Waals surface area contributed by atoms with E-state index in [1.165, 1.54) is 18.3 Å². The number of aromatic nitrogens is 2. The molecule has 7 nitrogen and oxygen atoms in total. The molecule has 2 amide bonds. The minimum absolute atomic E-state index is 0.101. The van der Waals surface area contributed by atoms with Crippen LogP contribution < -0.4 is 15.4 Å². The largest absolute Gasteiger partial charge is 0.497 e. The predicted octanol–water partition coefficient (Wildman–Crippen LogP) is 3.35. The van der Waals surface area contributed by atoms with Crippen LogP contribution in [0.25, 0.3) is 11.4 Å². The molecule has 0 bridgehead atoms. The zero-order valence-electron chi connectivity index (χ0n) is 15.0. The summed E-state index contributed by atoms with van der Waals surface area (Å²) in [4.78, 5) is 31.5. The molecule has 3 aromatic rings. The molecule has 3 rings (SSSR count). The van der Waals surface area contributed by atoms with E-state index in [2.05, 4.69) is 20.6 Å². The highest BCUT2D eigenvalue weighted by Gasteiger charge is 2.18. The fourth-order valence-corrected chi connectivity index (χ4v) is 3.36. The lowest BCUT2D eigenvalue weighted by molar-refractivity contribution is -0.120. The van der Waals surface area contributed by atoms with Gasteiger partial charge in [0.05, 0.1) is 31.0 Å². The molecule has 1 atom stereocenters. The highest BCUT2D eigenvalue weighted by Crippen LogP contribution is 2.25. The Bertz CT molecular complexity index is 903. The highest BCUT2D eigenvalue weighted by atomic mass is 32.1. The SMILES string of the molecule is COc1ccc([C@H](CC(=O)Nc2nc(-c3ccc[nH]3)cs2)NC(C)=O)cc1. The first-order valence-corrected chi connectivity index (χ1v) is 9.23. The molecule has 27 heavy (non-hydrogen) atoms. The lowest BCUT2D eigenvalue weighted by Crippen LogP contribution is -2.29. The summed E-state index contributed by atoms with van der Waals surface area (Å²) >= 11 is 1.35. The van der Waals surface area contributed by atoms with Crippen LogP contribution in [0, 0.1) is 0 Å². The van der Waals surface area contributed by atoms with Crippen molar-refractivity contribution >= 4 is 28.3 Å². The van der Waals surface area contributed by atoms with Gasteiger partial charge < -0.3 is 20.4 Å². The lowest BCUT2D eigenvalue weighted by atomic mass is 10.0. The van der Waals surface area contributed by atoms with Gasteiger partial charge in [-0.3, -0.25) is 9.59 Å². The number of rotatable bonds is 7. The van der Waals surface area contributed by atoms with E-state index in [1.807, 2.05) is 35.8 Å². The highest BCUT2D eigenvalue weighted by molar-refractivity contribution is 7.14. The number of aromatic amines is 1. The number of ether oxygens (including phenoxy) is 1. The number of thiazole rings is 1. The van der Waals surface area contributed by atoms with E-state index >= 15 is 0 Å². The molecule has 0 aliphatic heterocycles. The number of anilines is 1. The molecule has 2 aromatic heterocycles. The van der Waals surface area contributed by atoms with Crippen molar-refractivity contribution in [2.75, 3.05) is 12.4 Å². The van der Waals surface area contributed by atoms with Gasteiger partial charge in [0.15, 0.2) is 5.13 Å². The van der Waals surface area contributed by atoms with Gasteiger partial charge >= 0.3 is 0 Å². The molecule has 0 spiro atoms. The van der Waals surface area contributed by atoms with E-state index in [4.69, 9.17) is 4.74 Å². The number of hydrogen-bond acceptors (Lipinski definition) is 5. The first kappa shape index (κ1) is 18.7.